The number of phenols is 1. The number of aromatic hydroxyl groups is 1. The second kappa shape index (κ2) is 7.38. The van der Waals surface area contributed by atoms with Crippen LogP contribution in [-0.4, -0.2) is 27.9 Å². The SMILES string of the molecule is CCc1cccc(O)c1NC(=O)[C@H]1CCC(=O)N1Cc1ccccc1. The zero-order chi connectivity index (χ0) is 17.8. The van der Waals surface area contributed by atoms with Crippen molar-refractivity contribution < 1.29 is 14.7 Å². The average molecular weight is 338 g/mol. The van der Waals surface area contributed by atoms with Gasteiger partial charge in [-0.2, -0.15) is 0 Å². The van der Waals surface area contributed by atoms with Gasteiger partial charge >= 0.3 is 0 Å². The van der Waals surface area contributed by atoms with E-state index in [-0.39, 0.29) is 17.6 Å². The van der Waals surface area contributed by atoms with Gasteiger partial charge in [0.1, 0.15) is 11.8 Å². The van der Waals surface area contributed by atoms with Gasteiger partial charge in [-0.1, -0.05) is 49.4 Å². The largest absolute Gasteiger partial charge is 0.506 e. The summed E-state index contributed by atoms with van der Waals surface area (Å²) in [6.07, 6.45) is 1.56. The molecular formula is C20H22N2O3. The third-order valence-corrected chi connectivity index (χ3v) is 4.58. The van der Waals surface area contributed by atoms with Crippen LogP contribution < -0.4 is 5.32 Å². The van der Waals surface area contributed by atoms with E-state index < -0.39 is 6.04 Å². The van der Waals surface area contributed by atoms with Crippen molar-refractivity contribution in [3.63, 3.8) is 0 Å². The van der Waals surface area contributed by atoms with E-state index in [0.29, 0.717) is 31.5 Å². The molecule has 2 aromatic carbocycles. The molecule has 25 heavy (non-hydrogen) atoms. The molecule has 1 aliphatic rings. The quantitative estimate of drug-likeness (QED) is 0.823. The number of aryl methyl sites for hydroxylation is 1. The molecule has 3 rings (SSSR count). The molecule has 1 saturated heterocycles. The third-order valence-electron chi connectivity index (χ3n) is 4.58. The summed E-state index contributed by atoms with van der Waals surface area (Å²) in [6, 6.07) is 14.3. The Hall–Kier alpha value is -2.82. The van der Waals surface area contributed by atoms with Crippen molar-refractivity contribution in [1.29, 1.82) is 0 Å². The van der Waals surface area contributed by atoms with Crippen LogP contribution in [0.3, 0.4) is 0 Å². The third kappa shape index (κ3) is 3.65. The van der Waals surface area contributed by atoms with Crippen LogP contribution in [0.2, 0.25) is 0 Å². The summed E-state index contributed by atoms with van der Waals surface area (Å²) >= 11 is 0. The highest BCUT2D eigenvalue weighted by Gasteiger charge is 2.36. The first-order chi connectivity index (χ1) is 12.1. The smallest absolute Gasteiger partial charge is 0.247 e. The normalized spacial score (nSPS) is 16.9. The Kier molecular flexibility index (Phi) is 5.03. The van der Waals surface area contributed by atoms with E-state index in [4.69, 9.17) is 0 Å². The van der Waals surface area contributed by atoms with Gasteiger partial charge in [-0.3, -0.25) is 9.59 Å². The van der Waals surface area contributed by atoms with Gasteiger partial charge in [0.2, 0.25) is 11.8 Å². The van der Waals surface area contributed by atoms with Crippen LogP contribution in [0.5, 0.6) is 5.75 Å². The first kappa shape index (κ1) is 17.0. The second-order valence-electron chi connectivity index (χ2n) is 6.22. The second-order valence-corrected chi connectivity index (χ2v) is 6.22. The van der Waals surface area contributed by atoms with E-state index in [1.165, 1.54) is 0 Å². The maximum absolute atomic E-state index is 12.8. The van der Waals surface area contributed by atoms with E-state index in [0.717, 1.165) is 11.1 Å². The number of anilines is 1. The highest BCUT2D eigenvalue weighted by molar-refractivity contribution is 6.00. The van der Waals surface area contributed by atoms with Crippen molar-refractivity contribution in [2.75, 3.05) is 5.32 Å². The molecule has 0 bridgehead atoms. The van der Waals surface area contributed by atoms with Gasteiger partial charge in [0.15, 0.2) is 0 Å². The Morgan fingerprint density at radius 2 is 1.96 bits per heavy atom. The number of carbonyl (C=O) groups excluding carboxylic acids is 2. The number of nitrogens with one attached hydrogen (secondary N) is 1. The number of hydrogen-bond donors (Lipinski definition) is 2. The summed E-state index contributed by atoms with van der Waals surface area (Å²) < 4.78 is 0. The van der Waals surface area contributed by atoms with Crippen LogP contribution in [0, 0.1) is 0 Å². The van der Waals surface area contributed by atoms with Gasteiger partial charge in [-0.25, -0.2) is 0 Å². The van der Waals surface area contributed by atoms with Gasteiger partial charge in [0, 0.05) is 13.0 Å². The highest BCUT2D eigenvalue weighted by Crippen LogP contribution is 2.29. The zero-order valence-corrected chi connectivity index (χ0v) is 14.2. The van der Waals surface area contributed by atoms with E-state index >= 15 is 0 Å². The van der Waals surface area contributed by atoms with Crippen LogP contribution in [0.4, 0.5) is 5.69 Å². The van der Waals surface area contributed by atoms with Gasteiger partial charge < -0.3 is 15.3 Å². The van der Waals surface area contributed by atoms with Gasteiger partial charge in [-0.15, -0.1) is 0 Å². The predicted molar refractivity (Wildman–Crippen MR) is 96.1 cm³/mol. The Morgan fingerprint density at radius 1 is 1.20 bits per heavy atom. The van der Waals surface area contributed by atoms with Gasteiger partial charge in [0.25, 0.3) is 0 Å². The Labute approximate surface area is 147 Å². The Bertz CT molecular complexity index is 774. The number of benzene rings is 2. The molecular weight excluding hydrogens is 316 g/mol. The van der Waals surface area contributed by atoms with Crippen LogP contribution in [-0.2, 0) is 22.6 Å². The van der Waals surface area contributed by atoms with E-state index in [2.05, 4.69) is 5.32 Å². The fourth-order valence-corrected chi connectivity index (χ4v) is 3.22. The Balaban J connectivity index is 1.78. The van der Waals surface area contributed by atoms with Crippen molar-refractivity contribution in [1.82, 2.24) is 4.90 Å². The fraction of sp³-hybridized carbons (Fsp3) is 0.300. The molecule has 1 atom stereocenters. The molecule has 1 heterocycles. The maximum Gasteiger partial charge on any atom is 0.247 e. The number of likely N-dealkylation sites (tertiary alicyclic amines) is 1. The molecule has 2 amide bonds. The van der Waals surface area contributed by atoms with Crippen molar-refractivity contribution in [3.8, 4) is 5.75 Å². The number of nitrogens with zero attached hydrogens (tertiary/aromatic N) is 1. The first-order valence-electron chi connectivity index (χ1n) is 8.55. The average Bonchev–Trinajstić information content (AvgIpc) is 2.98. The topological polar surface area (TPSA) is 69.6 Å². The fourth-order valence-electron chi connectivity index (χ4n) is 3.22. The summed E-state index contributed by atoms with van der Waals surface area (Å²) in [4.78, 5) is 26.6. The molecule has 0 saturated carbocycles. The summed E-state index contributed by atoms with van der Waals surface area (Å²) in [5, 5.41) is 12.9. The molecule has 0 radical (unpaired) electrons. The molecule has 0 aromatic heterocycles. The number of carbonyl (C=O) groups is 2. The van der Waals surface area contributed by atoms with Crippen molar-refractivity contribution in [2.45, 2.75) is 38.8 Å². The molecule has 2 N–H and O–H groups in total. The molecule has 0 unspecified atom stereocenters. The van der Waals surface area contributed by atoms with Gasteiger partial charge in [-0.05, 0) is 30.0 Å². The van der Waals surface area contributed by atoms with Crippen LogP contribution in [0.15, 0.2) is 48.5 Å². The highest BCUT2D eigenvalue weighted by atomic mass is 16.3. The zero-order valence-electron chi connectivity index (χ0n) is 14.2. The lowest BCUT2D eigenvalue weighted by atomic mass is 10.1. The number of para-hydroxylation sites is 1. The molecule has 5 nitrogen and oxygen atoms in total. The lowest BCUT2D eigenvalue weighted by molar-refractivity contribution is -0.133. The summed E-state index contributed by atoms with van der Waals surface area (Å²) in [5.74, 6) is -0.221. The van der Waals surface area contributed by atoms with Crippen LogP contribution in [0.1, 0.15) is 30.9 Å². The minimum atomic E-state index is -0.517. The molecule has 0 aliphatic carbocycles. The lowest BCUT2D eigenvalue weighted by Crippen LogP contribution is -2.41. The first-order valence-corrected chi connectivity index (χ1v) is 8.55. The van der Waals surface area contributed by atoms with E-state index in [9.17, 15) is 14.7 Å². The predicted octanol–water partition coefficient (Wildman–Crippen LogP) is 3.08. The van der Waals surface area contributed by atoms with Crippen LogP contribution in [0.25, 0.3) is 0 Å². The Morgan fingerprint density at radius 3 is 2.68 bits per heavy atom. The monoisotopic (exact) mass is 338 g/mol. The summed E-state index contributed by atoms with van der Waals surface area (Å²) in [7, 11) is 0. The number of phenolic OH excluding ortho intramolecular Hbond substituents is 1. The minimum Gasteiger partial charge on any atom is -0.506 e. The molecule has 1 aliphatic heterocycles. The summed E-state index contributed by atoms with van der Waals surface area (Å²) in [6.45, 7) is 2.38. The molecule has 0 spiro atoms. The lowest BCUT2D eigenvalue weighted by Gasteiger charge is -2.25. The van der Waals surface area contributed by atoms with Crippen molar-refractivity contribution in [3.05, 3.63) is 59.7 Å². The van der Waals surface area contributed by atoms with Gasteiger partial charge in [0.05, 0.1) is 5.69 Å². The minimum absolute atomic E-state index is 0.0167. The van der Waals surface area contributed by atoms with Crippen molar-refractivity contribution >= 4 is 17.5 Å². The number of hydrogen-bond acceptors (Lipinski definition) is 3. The number of amides is 2. The molecule has 5 heteroatoms. The van der Waals surface area contributed by atoms with E-state index in [1.807, 2.05) is 43.3 Å². The van der Waals surface area contributed by atoms with E-state index in [1.54, 1.807) is 17.0 Å². The molecule has 2 aromatic rings. The maximum atomic E-state index is 12.8. The molecule has 130 valence electrons. The molecule has 1 fully saturated rings. The summed E-state index contributed by atoms with van der Waals surface area (Å²) in [5.41, 5.74) is 2.30. The van der Waals surface area contributed by atoms with Crippen molar-refractivity contribution in [2.24, 2.45) is 0 Å². The standard InChI is InChI=1S/C20H22N2O3/c1-2-15-9-6-10-17(23)19(15)21-20(25)16-11-12-18(24)22(16)13-14-7-4-3-5-8-14/h3-10,16,23H,2,11-13H2,1H3,(H,21,25)/t16-/m1/s1. The van der Waals surface area contributed by atoms with Crippen LogP contribution >= 0.6 is 0 Å². The number of rotatable bonds is 5.